The van der Waals surface area contributed by atoms with Gasteiger partial charge in [-0.2, -0.15) is 0 Å². The second-order valence-corrected chi connectivity index (χ2v) is 7.15. The lowest BCUT2D eigenvalue weighted by Gasteiger charge is -2.05. The Kier molecular flexibility index (Phi) is 6.10. The number of carbonyl (C=O) groups is 1. The van der Waals surface area contributed by atoms with Crippen molar-refractivity contribution in [1.29, 1.82) is 0 Å². The zero-order valence-corrected chi connectivity index (χ0v) is 16.3. The summed E-state index contributed by atoms with van der Waals surface area (Å²) >= 11 is 12.9. The van der Waals surface area contributed by atoms with E-state index in [-0.39, 0.29) is 16.7 Å². The maximum Gasteiger partial charge on any atom is 0.442 e. The van der Waals surface area contributed by atoms with Gasteiger partial charge in [-0.1, -0.05) is 23.2 Å². The third kappa shape index (κ3) is 4.85. The Hall–Kier alpha value is -2.42. The fraction of sp³-hybridized carbons (Fsp3) is 0.118. The van der Waals surface area contributed by atoms with Crippen molar-refractivity contribution in [3.8, 4) is 11.4 Å². The SMILES string of the molecule is COc1ccc(-[n+]2[nH]oc(=O)c2SCC(=O)Nc2cc(Cl)cc(Cl)c2)cc1. The topological polar surface area (TPSA) is 88.2 Å². The van der Waals surface area contributed by atoms with Gasteiger partial charge in [0.15, 0.2) is 0 Å². The zero-order chi connectivity index (χ0) is 19.4. The summed E-state index contributed by atoms with van der Waals surface area (Å²) in [6.07, 6.45) is 0. The smallest absolute Gasteiger partial charge is 0.442 e. The second kappa shape index (κ2) is 8.51. The molecule has 3 rings (SSSR count). The second-order valence-electron chi connectivity index (χ2n) is 5.31. The normalized spacial score (nSPS) is 10.6. The van der Waals surface area contributed by atoms with Crippen LogP contribution in [0.1, 0.15) is 0 Å². The van der Waals surface area contributed by atoms with Crippen molar-refractivity contribution >= 4 is 46.6 Å². The molecule has 0 aliphatic heterocycles. The van der Waals surface area contributed by atoms with E-state index < -0.39 is 5.63 Å². The molecular formula is C17H14Cl2N3O4S+. The lowest BCUT2D eigenvalue weighted by molar-refractivity contribution is -0.704. The van der Waals surface area contributed by atoms with Gasteiger partial charge in [0, 0.05) is 27.9 Å². The van der Waals surface area contributed by atoms with E-state index in [0.717, 1.165) is 11.8 Å². The molecule has 3 aromatic rings. The Morgan fingerprint density at radius 3 is 2.52 bits per heavy atom. The summed E-state index contributed by atoms with van der Waals surface area (Å²) in [5, 5.41) is 6.26. The van der Waals surface area contributed by atoms with Gasteiger partial charge < -0.3 is 10.1 Å². The fourth-order valence-electron chi connectivity index (χ4n) is 2.25. The number of methoxy groups -OCH3 is 1. The van der Waals surface area contributed by atoms with Gasteiger partial charge in [0.25, 0.3) is 0 Å². The van der Waals surface area contributed by atoms with Gasteiger partial charge in [0.2, 0.25) is 11.6 Å². The standard InChI is InChI=1S/C17H13Cl2N3O4S/c1-25-14-4-2-13(3-5-14)22-16(17(24)26-21-22)27-9-15(23)20-12-7-10(18)6-11(19)8-12/h2-8H,9H2,1H3,(H-,20,21,23,24)/p+1. The number of thioether (sulfide) groups is 1. The molecule has 2 N–H and O–H groups in total. The highest BCUT2D eigenvalue weighted by Crippen LogP contribution is 2.23. The Labute approximate surface area is 168 Å². The molecule has 0 bridgehead atoms. The van der Waals surface area contributed by atoms with Gasteiger partial charge in [-0.25, -0.2) is 4.79 Å². The molecule has 10 heteroatoms. The number of hydrogen-bond donors (Lipinski definition) is 2. The van der Waals surface area contributed by atoms with Crippen LogP contribution >= 0.6 is 35.0 Å². The molecule has 140 valence electrons. The van der Waals surface area contributed by atoms with Gasteiger partial charge >= 0.3 is 10.7 Å². The lowest BCUT2D eigenvalue weighted by atomic mass is 10.3. The molecule has 7 nitrogen and oxygen atoms in total. The first-order valence-electron chi connectivity index (χ1n) is 7.63. The summed E-state index contributed by atoms with van der Waals surface area (Å²) in [5.41, 5.74) is 0.558. The summed E-state index contributed by atoms with van der Waals surface area (Å²) in [7, 11) is 1.56. The summed E-state index contributed by atoms with van der Waals surface area (Å²) < 4.78 is 11.4. The van der Waals surface area contributed by atoms with E-state index >= 15 is 0 Å². The van der Waals surface area contributed by atoms with E-state index in [4.69, 9.17) is 32.5 Å². The molecule has 0 radical (unpaired) electrons. The molecule has 2 aromatic carbocycles. The first-order valence-corrected chi connectivity index (χ1v) is 9.37. The first-order chi connectivity index (χ1) is 13.0. The third-order valence-electron chi connectivity index (χ3n) is 3.42. The number of aromatic nitrogens is 2. The number of H-pyrrole nitrogens is 1. The molecular weight excluding hydrogens is 413 g/mol. The van der Waals surface area contributed by atoms with Crippen LogP contribution in [0.25, 0.3) is 5.69 Å². The molecule has 1 aromatic heterocycles. The first kappa shape index (κ1) is 19.3. The number of amides is 1. The number of benzene rings is 2. The molecule has 0 aliphatic rings. The van der Waals surface area contributed by atoms with E-state index in [2.05, 4.69) is 10.6 Å². The minimum absolute atomic E-state index is 0.0110. The quantitative estimate of drug-likeness (QED) is 0.466. The molecule has 1 heterocycles. The molecule has 27 heavy (non-hydrogen) atoms. The van der Waals surface area contributed by atoms with Crippen molar-refractivity contribution in [1.82, 2.24) is 5.27 Å². The van der Waals surface area contributed by atoms with E-state index in [0.29, 0.717) is 27.2 Å². The summed E-state index contributed by atoms with van der Waals surface area (Å²) in [5.74, 6) is 0.349. The number of nitrogens with zero attached hydrogens (tertiary/aromatic N) is 1. The Bertz CT molecular complexity index is 998. The van der Waals surface area contributed by atoms with Gasteiger partial charge in [-0.3, -0.25) is 9.32 Å². The molecule has 0 unspecified atom stereocenters. The van der Waals surface area contributed by atoms with Crippen LogP contribution in [0.2, 0.25) is 10.0 Å². The number of halogens is 2. The number of carbonyl (C=O) groups excluding carboxylic acids is 1. The number of ether oxygens (including phenoxy) is 1. The Morgan fingerprint density at radius 2 is 1.89 bits per heavy atom. The largest absolute Gasteiger partial charge is 0.497 e. The lowest BCUT2D eigenvalue weighted by Crippen LogP contribution is -2.36. The third-order valence-corrected chi connectivity index (χ3v) is 4.89. The summed E-state index contributed by atoms with van der Waals surface area (Å²) in [4.78, 5) is 24.2. The summed E-state index contributed by atoms with van der Waals surface area (Å²) in [6, 6.07) is 11.7. The van der Waals surface area contributed by atoms with Crippen LogP contribution < -0.4 is 20.4 Å². The minimum atomic E-state index is -0.575. The number of anilines is 1. The summed E-state index contributed by atoms with van der Waals surface area (Å²) in [6.45, 7) is 0. The van der Waals surface area contributed by atoms with E-state index in [1.807, 2.05) is 0 Å². The molecule has 0 saturated carbocycles. The fourth-order valence-corrected chi connectivity index (χ4v) is 3.54. The van der Waals surface area contributed by atoms with Crippen LogP contribution in [0.15, 0.2) is 56.8 Å². The van der Waals surface area contributed by atoms with Crippen molar-refractivity contribution in [3.05, 3.63) is 62.9 Å². The minimum Gasteiger partial charge on any atom is -0.497 e. The highest BCUT2D eigenvalue weighted by atomic mass is 35.5. The van der Waals surface area contributed by atoms with Crippen molar-refractivity contribution < 1.29 is 18.7 Å². The van der Waals surface area contributed by atoms with Crippen molar-refractivity contribution in [2.75, 3.05) is 18.2 Å². The number of rotatable bonds is 6. The van der Waals surface area contributed by atoms with E-state index in [9.17, 15) is 9.59 Å². The monoisotopic (exact) mass is 426 g/mol. The van der Waals surface area contributed by atoms with Gasteiger partial charge in [0.1, 0.15) is 5.75 Å². The predicted octanol–water partition coefficient (Wildman–Crippen LogP) is 3.29. The molecule has 0 spiro atoms. The van der Waals surface area contributed by atoms with Crippen LogP contribution in [0, 0.1) is 0 Å². The molecule has 1 amide bonds. The molecule has 0 aliphatic carbocycles. The Morgan fingerprint density at radius 1 is 1.22 bits per heavy atom. The number of aromatic amines is 1. The number of nitrogens with one attached hydrogen (secondary N) is 2. The van der Waals surface area contributed by atoms with E-state index in [1.165, 1.54) is 4.68 Å². The van der Waals surface area contributed by atoms with Crippen LogP contribution in [-0.4, -0.2) is 24.0 Å². The molecule has 0 fully saturated rings. The van der Waals surface area contributed by atoms with Gasteiger partial charge in [-0.15, -0.1) is 0 Å². The average Bonchev–Trinajstić information content (AvgIpc) is 3.00. The van der Waals surface area contributed by atoms with Crippen LogP contribution in [0.3, 0.4) is 0 Å². The maximum atomic E-state index is 12.2. The van der Waals surface area contributed by atoms with Crippen LogP contribution in [0.4, 0.5) is 5.69 Å². The highest BCUT2D eigenvalue weighted by Gasteiger charge is 2.25. The van der Waals surface area contributed by atoms with Crippen molar-refractivity contribution in [3.63, 3.8) is 0 Å². The van der Waals surface area contributed by atoms with Crippen LogP contribution in [-0.2, 0) is 4.79 Å². The van der Waals surface area contributed by atoms with Gasteiger partial charge in [0.05, 0.1) is 12.9 Å². The van der Waals surface area contributed by atoms with Crippen molar-refractivity contribution in [2.45, 2.75) is 5.03 Å². The number of hydrogen-bond acceptors (Lipinski definition) is 5. The highest BCUT2D eigenvalue weighted by molar-refractivity contribution is 7.99. The molecule has 0 atom stereocenters. The van der Waals surface area contributed by atoms with Crippen LogP contribution in [0.5, 0.6) is 5.75 Å². The zero-order valence-electron chi connectivity index (χ0n) is 14.0. The van der Waals surface area contributed by atoms with Crippen molar-refractivity contribution in [2.24, 2.45) is 0 Å². The van der Waals surface area contributed by atoms with Gasteiger partial charge in [-0.05, 0) is 52.0 Å². The maximum absolute atomic E-state index is 12.2. The van der Waals surface area contributed by atoms with E-state index in [1.54, 1.807) is 49.6 Å². The Balaban J connectivity index is 1.71. The molecule has 0 saturated heterocycles. The average molecular weight is 427 g/mol. The predicted molar refractivity (Wildman–Crippen MR) is 103 cm³/mol.